The maximum atomic E-state index is 5.41. The molecule has 2 heteroatoms. The van der Waals surface area contributed by atoms with Crippen LogP contribution in [0.2, 0.25) is 0 Å². The molecule has 0 aromatic carbocycles. The lowest BCUT2D eigenvalue weighted by Crippen LogP contribution is -2.36. The zero-order valence-electron chi connectivity index (χ0n) is 5.55. The molecule has 0 aromatic rings. The van der Waals surface area contributed by atoms with Crippen LogP contribution in [0.5, 0.6) is 0 Å². The molecule has 2 rings (SSSR count). The Morgan fingerprint density at radius 3 is 2.89 bits per heavy atom. The van der Waals surface area contributed by atoms with Crippen molar-refractivity contribution < 1.29 is 4.74 Å². The topological polar surface area (TPSA) is 12.5 Å². The van der Waals surface area contributed by atoms with Gasteiger partial charge in [-0.3, -0.25) is 4.90 Å². The number of hydrogen-bond acceptors (Lipinski definition) is 2. The summed E-state index contributed by atoms with van der Waals surface area (Å²) in [6.45, 7) is 6.87. The minimum absolute atomic E-state index is 0.539. The average molecular weight is 126 g/mol. The normalized spacial score (nSPS) is 42.3. The summed E-state index contributed by atoms with van der Waals surface area (Å²) in [4.78, 5) is 2.40. The van der Waals surface area contributed by atoms with Gasteiger partial charge in [0, 0.05) is 12.6 Å². The highest BCUT2D eigenvalue weighted by Gasteiger charge is 2.37. The fraction of sp³-hybridized carbons (Fsp3) is 0.857. The number of hydrogen-bond donors (Lipinski definition) is 0. The number of likely N-dealkylation sites (tertiary alicyclic amines) is 1. The molecular weight excluding hydrogens is 114 g/mol. The quantitative estimate of drug-likeness (QED) is 0.501. The van der Waals surface area contributed by atoms with Gasteiger partial charge in [0.15, 0.2) is 0 Å². The third-order valence-corrected chi connectivity index (χ3v) is 2.30. The van der Waals surface area contributed by atoms with Crippen molar-refractivity contribution in [2.75, 3.05) is 19.7 Å². The summed E-state index contributed by atoms with van der Waals surface area (Å²) in [7, 11) is 0. The molecular formula is C7H12NO. The fourth-order valence-corrected chi connectivity index (χ4v) is 1.75. The van der Waals surface area contributed by atoms with Crippen LogP contribution < -0.4 is 0 Å². The van der Waals surface area contributed by atoms with Crippen LogP contribution in [0.1, 0.15) is 6.42 Å². The van der Waals surface area contributed by atoms with E-state index >= 15 is 0 Å². The molecule has 0 amide bonds. The van der Waals surface area contributed by atoms with E-state index < -0.39 is 0 Å². The molecule has 9 heavy (non-hydrogen) atoms. The average Bonchev–Trinajstić information content (AvgIpc) is 2.45. The predicted molar refractivity (Wildman–Crippen MR) is 35.1 cm³/mol. The Morgan fingerprint density at radius 1 is 1.67 bits per heavy atom. The Kier molecular flexibility index (Phi) is 1.24. The van der Waals surface area contributed by atoms with Crippen LogP contribution in [0.3, 0.4) is 0 Å². The zero-order chi connectivity index (χ0) is 6.27. The molecule has 2 aliphatic rings. The number of morpholine rings is 1. The van der Waals surface area contributed by atoms with Crippen LogP contribution >= 0.6 is 0 Å². The Labute approximate surface area is 55.8 Å². The van der Waals surface area contributed by atoms with E-state index in [4.69, 9.17) is 4.74 Å². The van der Waals surface area contributed by atoms with E-state index in [-0.39, 0.29) is 0 Å². The lowest BCUT2D eigenvalue weighted by atomic mass is 10.2. The summed E-state index contributed by atoms with van der Waals surface area (Å²) in [5.74, 6) is 0. The van der Waals surface area contributed by atoms with Gasteiger partial charge < -0.3 is 4.74 Å². The van der Waals surface area contributed by atoms with Gasteiger partial charge in [-0.2, -0.15) is 0 Å². The molecule has 0 N–H and O–H groups in total. The molecule has 0 aliphatic carbocycles. The lowest BCUT2D eigenvalue weighted by Gasteiger charge is -2.24. The second-order valence-corrected chi connectivity index (χ2v) is 2.84. The molecule has 0 saturated carbocycles. The molecule has 1 radical (unpaired) electrons. The van der Waals surface area contributed by atoms with Gasteiger partial charge in [-0.15, -0.1) is 0 Å². The molecule has 2 saturated heterocycles. The third-order valence-electron chi connectivity index (χ3n) is 2.30. The van der Waals surface area contributed by atoms with Gasteiger partial charge in [-0.05, 0) is 19.9 Å². The van der Waals surface area contributed by atoms with Gasteiger partial charge in [0.1, 0.15) is 0 Å². The van der Waals surface area contributed by atoms with Crippen LogP contribution in [0.15, 0.2) is 0 Å². The molecule has 0 unspecified atom stereocenters. The number of nitrogens with zero attached hydrogens (tertiary/aromatic N) is 1. The zero-order valence-corrected chi connectivity index (χ0v) is 5.55. The highest BCUT2D eigenvalue weighted by molar-refractivity contribution is 4.91. The number of rotatable bonds is 1. The van der Waals surface area contributed by atoms with E-state index in [2.05, 4.69) is 11.8 Å². The Hall–Kier alpha value is -0.0800. The highest BCUT2D eigenvalue weighted by atomic mass is 16.5. The molecule has 2 atom stereocenters. The van der Waals surface area contributed by atoms with Gasteiger partial charge in [-0.25, -0.2) is 0 Å². The number of ether oxygens (including phenoxy) is 1. The van der Waals surface area contributed by atoms with Crippen molar-refractivity contribution >= 4 is 0 Å². The molecule has 2 heterocycles. The second kappa shape index (κ2) is 1.96. The first-order valence-electron chi connectivity index (χ1n) is 3.55. The standard InChI is InChI=1S/C7H12NO/c1-2-8-4-7-3-6(8)5-9-7/h6-7H,1-5H2/t6-,7-/m0/s1. The summed E-state index contributed by atoms with van der Waals surface area (Å²) in [5, 5.41) is 0. The molecule has 0 aromatic heterocycles. The van der Waals surface area contributed by atoms with E-state index in [0.29, 0.717) is 12.1 Å². The van der Waals surface area contributed by atoms with Crippen LogP contribution in [0, 0.1) is 6.92 Å². The third kappa shape index (κ3) is 0.775. The van der Waals surface area contributed by atoms with Crippen LogP contribution in [-0.2, 0) is 4.74 Å². The van der Waals surface area contributed by atoms with Crippen LogP contribution in [-0.4, -0.2) is 36.7 Å². The molecule has 51 valence electrons. The van der Waals surface area contributed by atoms with E-state index in [9.17, 15) is 0 Å². The van der Waals surface area contributed by atoms with Crippen LogP contribution in [0.4, 0.5) is 0 Å². The summed E-state index contributed by atoms with van der Waals surface area (Å²) in [5.41, 5.74) is 0. The second-order valence-electron chi connectivity index (χ2n) is 2.84. The maximum Gasteiger partial charge on any atom is 0.0718 e. The Balaban J connectivity index is 2.01. The lowest BCUT2D eigenvalue weighted by molar-refractivity contribution is 0.0353. The number of fused-ring (bicyclic) bond motifs is 2. The van der Waals surface area contributed by atoms with Crippen molar-refractivity contribution in [2.24, 2.45) is 0 Å². The van der Waals surface area contributed by atoms with Crippen molar-refractivity contribution in [2.45, 2.75) is 18.6 Å². The first kappa shape index (κ1) is 5.69. The van der Waals surface area contributed by atoms with Gasteiger partial charge in [0.05, 0.1) is 12.7 Å². The van der Waals surface area contributed by atoms with E-state index in [0.717, 1.165) is 19.7 Å². The molecule has 2 bridgehead atoms. The van der Waals surface area contributed by atoms with Crippen molar-refractivity contribution in [1.82, 2.24) is 4.90 Å². The molecule has 2 fully saturated rings. The van der Waals surface area contributed by atoms with Gasteiger partial charge in [-0.1, -0.05) is 0 Å². The monoisotopic (exact) mass is 126 g/mol. The summed E-state index contributed by atoms with van der Waals surface area (Å²) < 4.78 is 5.41. The van der Waals surface area contributed by atoms with E-state index in [1.165, 1.54) is 6.42 Å². The molecule has 2 aliphatic heterocycles. The fourth-order valence-electron chi connectivity index (χ4n) is 1.75. The minimum Gasteiger partial charge on any atom is -0.375 e. The van der Waals surface area contributed by atoms with E-state index in [1.54, 1.807) is 0 Å². The van der Waals surface area contributed by atoms with Crippen LogP contribution in [0.25, 0.3) is 0 Å². The highest BCUT2D eigenvalue weighted by Crippen LogP contribution is 2.26. The molecule has 0 spiro atoms. The summed E-state index contributed by atoms with van der Waals surface area (Å²) in [6, 6.07) is 0.701. The SMILES string of the molecule is [CH2]CN1C[C@@H]2C[C@H]1CO2. The van der Waals surface area contributed by atoms with Gasteiger partial charge in [0.2, 0.25) is 0 Å². The Bertz CT molecular complexity index is 115. The summed E-state index contributed by atoms with van der Waals surface area (Å²) >= 11 is 0. The van der Waals surface area contributed by atoms with Gasteiger partial charge >= 0.3 is 0 Å². The first-order valence-corrected chi connectivity index (χ1v) is 3.55. The minimum atomic E-state index is 0.539. The maximum absolute atomic E-state index is 5.41. The summed E-state index contributed by atoms with van der Waals surface area (Å²) in [6.07, 6.45) is 1.78. The predicted octanol–water partition coefficient (Wildman–Crippen LogP) is 0.294. The Morgan fingerprint density at radius 2 is 2.56 bits per heavy atom. The smallest absolute Gasteiger partial charge is 0.0718 e. The first-order chi connectivity index (χ1) is 4.40. The van der Waals surface area contributed by atoms with Crippen molar-refractivity contribution in [3.63, 3.8) is 0 Å². The van der Waals surface area contributed by atoms with Gasteiger partial charge in [0.25, 0.3) is 0 Å². The molecule has 2 nitrogen and oxygen atoms in total. The van der Waals surface area contributed by atoms with Crippen molar-refractivity contribution in [3.8, 4) is 0 Å². The van der Waals surface area contributed by atoms with E-state index in [1.807, 2.05) is 0 Å². The largest absolute Gasteiger partial charge is 0.375 e. The van der Waals surface area contributed by atoms with Crippen molar-refractivity contribution in [1.29, 1.82) is 0 Å². The van der Waals surface area contributed by atoms with Crippen molar-refractivity contribution in [3.05, 3.63) is 6.92 Å².